The Morgan fingerprint density at radius 3 is 2.58 bits per heavy atom. The molecular formula is C14H11BrClF2N. The Bertz CT molecular complexity index is 617. The average Bonchev–Trinajstić information content (AvgIpc) is 2.39. The number of rotatable bonds is 3. The molecule has 0 saturated carbocycles. The van der Waals surface area contributed by atoms with Gasteiger partial charge in [-0.25, -0.2) is 8.78 Å². The molecule has 2 aromatic carbocycles. The quantitative estimate of drug-likeness (QED) is 0.790. The molecule has 0 amide bonds. The van der Waals surface area contributed by atoms with E-state index < -0.39 is 11.6 Å². The summed E-state index contributed by atoms with van der Waals surface area (Å²) in [4.78, 5) is 0. The van der Waals surface area contributed by atoms with Crippen molar-refractivity contribution in [1.29, 1.82) is 0 Å². The molecule has 0 saturated heterocycles. The van der Waals surface area contributed by atoms with E-state index in [9.17, 15) is 8.78 Å². The summed E-state index contributed by atoms with van der Waals surface area (Å²) in [5.41, 5.74) is 1.24. The second kappa shape index (κ2) is 5.99. The van der Waals surface area contributed by atoms with E-state index >= 15 is 0 Å². The first-order valence-electron chi connectivity index (χ1n) is 5.61. The van der Waals surface area contributed by atoms with Crippen LogP contribution in [0.1, 0.15) is 5.56 Å². The van der Waals surface area contributed by atoms with E-state index in [4.69, 9.17) is 11.6 Å². The van der Waals surface area contributed by atoms with E-state index in [1.54, 1.807) is 25.2 Å². The zero-order chi connectivity index (χ0) is 14.0. The van der Waals surface area contributed by atoms with Crippen molar-refractivity contribution in [2.24, 2.45) is 0 Å². The molecule has 1 N–H and O–H groups in total. The van der Waals surface area contributed by atoms with E-state index in [-0.39, 0.29) is 16.1 Å². The van der Waals surface area contributed by atoms with Crippen LogP contribution in [0.25, 0.3) is 11.1 Å². The van der Waals surface area contributed by atoms with Crippen molar-refractivity contribution in [3.05, 3.63) is 57.0 Å². The van der Waals surface area contributed by atoms with Gasteiger partial charge in [-0.15, -0.1) is 0 Å². The van der Waals surface area contributed by atoms with Crippen molar-refractivity contribution in [2.45, 2.75) is 6.54 Å². The van der Waals surface area contributed by atoms with Gasteiger partial charge in [0.1, 0.15) is 5.82 Å². The number of hydrogen-bond acceptors (Lipinski definition) is 1. The Balaban J connectivity index is 2.58. The molecule has 100 valence electrons. The molecule has 19 heavy (non-hydrogen) atoms. The Morgan fingerprint density at radius 2 is 1.89 bits per heavy atom. The Hall–Kier alpha value is -0.970. The third kappa shape index (κ3) is 2.96. The van der Waals surface area contributed by atoms with Crippen LogP contribution in [0, 0.1) is 11.6 Å². The van der Waals surface area contributed by atoms with Gasteiger partial charge in [0.15, 0.2) is 5.82 Å². The normalized spacial score (nSPS) is 10.8. The first kappa shape index (κ1) is 14.4. The van der Waals surface area contributed by atoms with Crippen LogP contribution in [0.5, 0.6) is 0 Å². The fourth-order valence-electron chi connectivity index (χ4n) is 1.83. The molecule has 0 unspecified atom stereocenters. The van der Waals surface area contributed by atoms with Crippen molar-refractivity contribution in [1.82, 2.24) is 5.32 Å². The summed E-state index contributed by atoms with van der Waals surface area (Å²) in [6, 6.07) is 7.72. The van der Waals surface area contributed by atoms with E-state index in [2.05, 4.69) is 21.2 Å². The molecule has 0 spiro atoms. The standard InChI is InChI=1S/C14H11BrClF2N/c1-19-7-8-2-5-12(17)10(6-8)9-3-4-11(15)13(16)14(9)18/h2-6,19H,7H2,1H3. The highest BCUT2D eigenvalue weighted by Crippen LogP contribution is 2.34. The van der Waals surface area contributed by atoms with Gasteiger partial charge < -0.3 is 5.32 Å². The van der Waals surface area contributed by atoms with Crippen molar-refractivity contribution in [2.75, 3.05) is 7.05 Å². The van der Waals surface area contributed by atoms with Gasteiger partial charge in [0, 0.05) is 22.1 Å². The number of nitrogens with one attached hydrogen (secondary N) is 1. The molecule has 0 fully saturated rings. The minimum Gasteiger partial charge on any atom is -0.316 e. The molecule has 1 nitrogen and oxygen atoms in total. The maximum atomic E-state index is 14.1. The highest BCUT2D eigenvalue weighted by Gasteiger charge is 2.15. The molecular weight excluding hydrogens is 336 g/mol. The molecule has 0 radical (unpaired) electrons. The van der Waals surface area contributed by atoms with Gasteiger partial charge in [-0.1, -0.05) is 23.7 Å². The summed E-state index contributed by atoms with van der Waals surface area (Å²) in [6.07, 6.45) is 0. The smallest absolute Gasteiger partial charge is 0.150 e. The van der Waals surface area contributed by atoms with Crippen LogP contribution in [0.2, 0.25) is 5.02 Å². The maximum absolute atomic E-state index is 14.1. The third-order valence-corrected chi connectivity index (χ3v) is 4.00. The minimum atomic E-state index is -0.628. The Labute approximate surface area is 123 Å². The summed E-state index contributed by atoms with van der Waals surface area (Å²) >= 11 is 8.96. The van der Waals surface area contributed by atoms with E-state index in [0.29, 0.717) is 11.0 Å². The molecule has 5 heteroatoms. The van der Waals surface area contributed by atoms with Crippen LogP contribution in [-0.4, -0.2) is 7.05 Å². The summed E-state index contributed by atoms with van der Waals surface area (Å²) in [5, 5.41) is 2.92. The zero-order valence-electron chi connectivity index (χ0n) is 10.1. The Morgan fingerprint density at radius 1 is 1.16 bits per heavy atom. The molecule has 0 heterocycles. The van der Waals surface area contributed by atoms with E-state index in [0.717, 1.165) is 5.56 Å². The molecule has 2 aromatic rings. The largest absolute Gasteiger partial charge is 0.316 e. The fourth-order valence-corrected chi connectivity index (χ4v) is 2.30. The lowest BCUT2D eigenvalue weighted by atomic mass is 10.0. The first-order valence-corrected chi connectivity index (χ1v) is 6.78. The van der Waals surface area contributed by atoms with Crippen molar-refractivity contribution in [3.63, 3.8) is 0 Å². The lowest BCUT2D eigenvalue weighted by Crippen LogP contribution is -2.05. The van der Waals surface area contributed by atoms with Crippen LogP contribution in [0.15, 0.2) is 34.8 Å². The van der Waals surface area contributed by atoms with Crippen molar-refractivity contribution >= 4 is 27.5 Å². The second-order valence-electron chi connectivity index (χ2n) is 4.07. The molecule has 0 aliphatic heterocycles. The van der Waals surface area contributed by atoms with Crippen LogP contribution in [0.4, 0.5) is 8.78 Å². The topological polar surface area (TPSA) is 12.0 Å². The highest BCUT2D eigenvalue weighted by molar-refractivity contribution is 9.10. The van der Waals surface area contributed by atoms with Crippen LogP contribution in [-0.2, 0) is 6.54 Å². The summed E-state index contributed by atoms with van der Waals surface area (Å²) < 4.78 is 28.4. The van der Waals surface area contributed by atoms with Crippen LogP contribution in [0.3, 0.4) is 0 Å². The van der Waals surface area contributed by atoms with Crippen LogP contribution >= 0.6 is 27.5 Å². The number of halogens is 4. The molecule has 2 rings (SSSR count). The van der Waals surface area contributed by atoms with Gasteiger partial charge in [-0.2, -0.15) is 0 Å². The first-order chi connectivity index (χ1) is 9.04. The lowest BCUT2D eigenvalue weighted by molar-refractivity contribution is 0.615. The molecule has 0 aliphatic rings. The highest BCUT2D eigenvalue weighted by atomic mass is 79.9. The molecule has 0 aliphatic carbocycles. The van der Waals surface area contributed by atoms with Gasteiger partial charge in [-0.3, -0.25) is 0 Å². The summed E-state index contributed by atoms with van der Waals surface area (Å²) in [5.74, 6) is -1.10. The number of hydrogen-bond donors (Lipinski definition) is 1. The fraction of sp³-hybridized carbons (Fsp3) is 0.143. The minimum absolute atomic E-state index is 0.0454. The van der Waals surface area contributed by atoms with Gasteiger partial charge in [0.2, 0.25) is 0 Å². The Kier molecular flexibility index (Phi) is 4.55. The molecule has 0 bridgehead atoms. The summed E-state index contributed by atoms with van der Waals surface area (Å²) in [7, 11) is 1.79. The van der Waals surface area contributed by atoms with E-state index in [1.807, 2.05) is 0 Å². The van der Waals surface area contributed by atoms with Gasteiger partial charge in [0.05, 0.1) is 5.02 Å². The third-order valence-electron chi connectivity index (χ3n) is 2.74. The zero-order valence-corrected chi connectivity index (χ0v) is 12.4. The average molecular weight is 347 g/mol. The van der Waals surface area contributed by atoms with E-state index in [1.165, 1.54) is 12.1 Å². The van der Waals surface area contributed by atoms with Gasteiger partial charge in [0.25, 0.3) is 0 Å². The number of benzene rings is 2. The maximum Gasteiger partial charge on any atom is 0.150 e. The molecule has 0 atom stereocenters. The SMILES string of the molecule is CNCc1ccc(F)c(-c2ccc(Br)c(Cl)c2F)c1. The predicted octanol–water partition coefficient (Wildman–Crippen LogP) is 4.77. The summed E-state index contributed by atoms with van der Waals surface area (Å²) in [6.45, 7) is 0.582. The van der Waals surface area contributed by atoms with Gasteiger partial charge in [-0.05, 0) is 46.7 Å². The van der Waals surface area contributed by atoms with Crippen LogP contribution < -0.4 is 5.32 Å². The predicted molar refractivity (Wildman–Crippen MR) is 77.3 cm³/mol. The van der Waals surface area contributed by atoms with Crippen molar-refractivity contribution in [3.8, 4) is 11.1 Å². The lowest BCUT2D eigenvalue weighted by Gasteiger charge is -2.09. The molecule has 0 aromatic heterocycles. The van der Waals surface area contributed by atoms with Crippen molar-refractivity contribution < 1.29 is 8.78 Å². The van der Waals surface area contributed by atoms with Gasteiger partial charge >= 0.3 is 0 Å². The monoisotopic (exact) mass is 345 g/mol. The second-order valence-corrected chi connectivity index (χ2v) is 5.30.